The smallest absolute Gasteiger partial charge is 0.344 e. The third kappa shape index (κ3) is 2.73. The molecule has 0 spiro atoms. The first-order chi connectivity index (χ1) is 11.6. The van der Waals surface area contributed by atoms with Gasteiger partial charge in [0.15, 0.2) is 0 Å². The highest BCUT2D eigenvalue weighted by Gasteiger charge is 2.30. The minimum absolute atomic E-state index is 0.0532. The van der Waals surface area contributed by atoms with Crippen LogP contribution in [0.3, 0.4) is 0 Å². The number of benzene rings is 1. The second-order valence-corrected chi connectivity index (χ2v) is 6.22. The van der Waals surface area contributed by atoms with Crippen LogP contribution in [0.5, 0.6) is 11.8 Å². The number of nitrogens with one attached hydrogen (secondary N) is 1. The molecule has 24 heavy (non-hydrogen) atoms. The van der Waals surface area contributed by atoms with E-state index in [0.29, 0.717) is 11.4 Å². The fourth-order valence-electron chi connectivity index (χ4n) is 2.53. The van der Waals surface area contributed by atoms with Crippen LogP contribution < -0.4 is 10.1 Å². The minimum atomic E-state index is -0.209. The Labute approximate surface area is 138 Å². The summed E-state index contributed by atoms with van der Waals surface area (Å²) in [5, 5.41) is 7.27. The molecule has 1 aliphatic rings. The third-order valence-electron chi connectivity index (χ3n) is 3.83. The number of ether oxygens (including phenoxy) is 1. The van der Waals surface area contributed by atoms with Crippen molar-refractivity contribution < 1.29 is 13.9 Å². The number of oxazole rings is 1. The topological polar surface area (TPSA) is 81.7 Å². The molecule has 2 aromatic heterocycles. The van der Waals surface area contributed by atoms with Crippen molar-refractivity contribution >= 4 is 11.8 Å². The molecule has 0 bridgehead atoms. The van der Waals surface area contributed by atoms with Gasteiger partial charge in [0.25, 0.3) is 5.91 Å². The van der Waals surface area contributed by atoms with E-state index in [0.717, 1.165) is 12.8 Å². The van der Waals surface area contributed by atoms with Gasteiger partial charge < -0.3 is 14.5 Å². The first-order valence-corrected chi connectivity index (χ1v) is 8.05. The Morgan fingerprint density at radius 1 is 1.33 bits per heavy atom. The zero-order valence-electron chi connectivity index (χ0n) is 13.5. The highest BCUT2D eigenvalue weighted by Crippen LogP contribution is 2.27. The summed E-state index contributed by atoms with van der Waals surface area (Å²) < 4.78 is 12.8. The van der Waals surface area contributed by atoms with Crippen LogP contribution in [0, 0.1) is 0 Å². The van der Waals surface area contributed by atoms with Crippen molar-refractivity contribution in [3.63, 3.8) is 0 Å². The van der Waals surface area contributed by atoms with Crippen molar-refractivity contribution in [1.29, 1.82) is 0 Å². The van der Waals surface area contributed by atoms with E-state index in [1.165, 1.54) is 0 Å². The van der Waals surface area contributed by atoms with Crippen molar-refractivity contribution in [2.24, 2.45) is 0 Å². The van der Waals surface area contributed by atoms with Gasteiger partial charge in [0.05, 0.1) is 5.69 Å². The van der Waals surface area contributed by atoms with Crippen LogP contribution in [0.25, 0.3) is 5.84 Å². The van der Waals surface area contributed by atoms with Gasteiger partial charge in [-0.3, -0.25) is 4.79 Å². The lowest BCUT2D eigenvalue weighted by Gasteiger charge is -2.06. The number of carbonyl (C=O) groups is 1. The molecule has 0 unspecified atom stereocenters. The van der Waals surface area contributed by atoms with Crippen LogP contribution in [0.2, 0.25) is 0 Å². The molecule has 4 rings (SSSR count). The Balaban J connectivity index is 1.68. The number of aromatic nitrogens is 3. The van der Waals surface area contributed by atoms with Crippen molar-refractivity contribution in [1.82, 2.24) is 19.9 Å². The van der Waals surface area contributed by atoms with Gasteiger partial charge in [-0.25, -0.2) is 0 Å². The van der Waals surface area contributed by atoms with Crippen molar-refractivity contribution in [2.75, 3.05) is 0 Å². The lowest BCUT2D eigenvalue weighted by atomic mass is 10.1. The van der Waals surface area contributed by atoms with Gasteiger partial charge in [0.2, 0.25) is 5.76 Å². The van der Waals surface area contributed by atoms with Crippen LogP contribution >= 0.6 is 0 Å². The largest absolute Gasteiger partial charge is 0.423 e. The number of carbonyl (C=O) groups excluding carboxylic acids is 1. The Bertz CT molecular complexity index is 878. The average molecular weight is 326 g/mol. The number of hydrogen-bond donors (Lipinski definition) is 1. The molecule has 1 amide bonds. The number of nitrogens with zero attached hydrogens (tertiary/aromatic N) is 3. The van der Waals surface area contributed by atoms with Crippen LogP contribution in [0.1, 0.15) is 48.9 Å². The molecular weight excluding hydrogens is 308 g/mol. The number of para-hydroxylation sites is 1. The van der Waals surface area contributed by atoms with Gasteiger partial charge in [0.1, 0.15) is 5.75 Å². The molecule has 2 heterocycles. The van der Waals surface area contributed by atoms with Crippen molar-refractivity contribution in [2.45, 2.75) is 38.6 Å². The molecule has 3 aromatic rings. The SMILES string of the molecule is CC(C)c1c(C(=O)NC2CC2)oc2nc(Oc3ccccc3)nn12. The van der Waals surface area contributed by atoms with E-state index in [2.05, 4.69) is 15.4 Å². The van der Waals surface area contributed by atoms with Crippen molar-refractivity contribution in [3.8, 4) is 11.8 Å². The molecule has 0 aliphatic heterocycles. The first-order valence-electron chi connectivity index (χ1n) is 8.05. The highest BCUT2D eigenvalue weighted by molar-refractivity contribution is 5.93. The number of hydrogen-bond acceptors (Lipinski definition) is 5. The predicted molar refractivity (Wildman–Crippen MR) is 86.3 cm³/mol. The maximum Gasteiger partial charge on any atom is 0.344 e. The molecule has 1 fully saturated rings. The second-order valence-electron chi connectivity index (χ2n) is 6.22. The molecule has 1 saturated carbocycles. The van der Waals surface area contributed by atoms with E-state index in [1.54, 1.807) is 4.52 Å². The minimum Gasteiger partial charge on any atom is -0.423 e. The maximum absolute atomic E-state index is 12.4. The first kappa shape index (κ1) is 14.7. The van der Waals surface area contributed by atoms with Gasteiger partial charge in [0, 0.05) is 6.04 Å². The quantitative estimate of drug-likeness (QED) is 0.779. The molecule has 0 radical (unpaired) electrons. The lowest BCUT2D eigenvalue weighted by molar-refractivity contribution is 0.0923. The second kappa shape index (κ2) is 5.67. The van der Waals surface area contributed by atoms with Crippen LogP contribution in [0.15, 0.2) is 34.7 Å². The summed E-state index contributed by atoms with van der Waals surface area (Å²) in [5.74, 6) is 1.02. The van der Waals surface area contributed by atoms with Gasteiger partial charge in [-0.1, -0.05) is 32.0 Å². The average Bonchev–Trinajstić information content (AvgIpc) is 3.16. The Morgan fingerprint density at radius 2 is 2.08 bits per heavy atom. The molecule has 1 N–H and O–H groups in total. The zero-order valence-corrected chi connectivity index (χ0v) is 13.5. The molecule has 1 aromatic carbocycles. The fourth-order valence-corrected chi connectivity index (χ4v) is 2.53. The van der Waals surface area contributed by atoms with Crippen LogP contribution in [-0.2, 0) is 0 Å². The Morgan fingerprint density at radius 3 is 2.75 bits per heavy atom. The molecule has 0 saturated heterocycles. The van der Waals surface area contributed by atoms with Gasteiger partial charge in [-0.05, 0) is 30.9 Å². The monoisotopic (exact) mass is 326 g/mol. The van der Waals surface area contributed by atoms with Crippen molar-refractivity contribution in [3.05, 3.63) is 41.8 Å². The summed E-state index contributed by atoms with van der Waals surface area (Å²) in [6.45, 7) is 3.97. The van der Waals surface area contributed by atoms with E-state index in [4.69, 9.17) is 9.15 Å². The lowest BCUT2D eigenvalue weighted by Crippen LogP contribution is -2.26. The molecule has 0 atom stereocenters. The standard InChI is InChI=1S/C17H18N4O3/c1-10(2)13-14(15(22)18-11-8-9-11)24-17-19-16(20-21(13)17)23-12-6-4-3-5-7-12/h3-7,10-11H,8-9H2,1-2H3,(H,18,22). The van der Waals surface area contributed by atoms with Gasteiger partial charge in [-0.15, -0.1) is 10.1 Å². The number of fused-ring (bicyclic) bond motifs is 1. The van der Waals surface area contributed by atoms with E-state index in [-0.39, 0.29) is 35.5 Å². The van der Waals surface area contributed by atoms with E-state index in [9.17, 15) is 4.79 Å². The van der Waals surface area contributed by atoms with E-state index in [1.807, 2.05) is 44.2 Å². The van der Waals surface area contributed by atoms with E-state index < -0.39 is 0 Å². The molecule has 7 heteroatoms. The molecule has 124 valence electrons. The van der Waals surface area contributed by atoms with Gasteiger partial charge >= 0.3 is 11.9 Å². The van der Waals surface area contributed by atoms with E-state index >= 15 is 0 Å². The fraction of sp³-hybridized carbons (Fsp3) is 0.353. The summed E-state index contributed by atoms with van der Waals surface area (Å²) in [4.78, 5) is 16.6. The van der Waals surface area contributed by atoms with Crippen LogP contribution in [0.4, 0.5) is 0 Å². The highest BCUT2D eigenvalue weighted by atomic mass is 16.5. The summed E-state index contributed by atoms with van der Waals surface area (Å²) in [6, 6.07) is 9.74. The summed E-state index contributed by atoms with van der Waals surface area (Å²) >= 11 is 0. The predicted octanol–water partition coefficient (Wildman–Crippen LogP) is 3.13. The summed E-state index contributed by atoms with van der Waals surface area (Å²) in [6.07, 6.45) is 2.04. The maximum atomic E-state index is 12.4. The summed E-state index contributed by atoms with van der Waals surface area (Å²) in [5.41, 5.74) is 0.693. The molecule has 7 nitrogen and oxygen atoms in total. The third-order valence-corrected chi connectivity index (χ3v) is 3.83. The summed E-state index contributed by atoms with van der Waals surface area (Å²) in [7, 11) is 0. The number of rotatable bonds is 5. The Kier molecular flexibility index (Phi) is 3.48. The molecule has 1 aliphatic carbocycles. The zero-order chi connectivity index (χ0) is 16.7. The Hall–Kier alpha value is -2.83. The van der Waals surface area contributed by atoms with Gasteiger partial charge in [-0.2, -0.15) is 4.52 Å². The normalized spacial score (nSPS) is 14.3. The molecular formula is C17H18N4O3. The number of amides is 1. The van der Waals surface area contributed by atoms with Crippen LogP contribution in [-0.4, -0.2) is 26.5 Å².